The van der Waals surface area contributed by atoms with Crippen molar-refractivity contribution in [1.29, 1.82) is 0 Å². The minimum atomic E-state index is -0.675. The van der Waals surface area contributed by atoms with Crippen molar-refractivity contribution in [2.75, 3.05) is 5.32 Å². The number of alkyl halides is 1. The molecule has 16 heavy (non-hydrogen) atoms. The highest BCUT2D eigenvalue weighted by Gasteiger charge is 2.30. The van der Waals surface area contributed by atoms with Crippen LogP contribution in [-0.2, 0) is 7.05 Å². The van der Waals surface area contributed by atoms with Crippen molar-refractivity contribution >= 4 is 16.6 Å². The normalized spacial score (nSPS) is 24.4. The molecule has 1 aliphatic carbocycles. The summed E-state index contributed by atoms with van der Waals surface area (Å²) < 4.78 is 15.2. The molecule has 1 aromatic heterocycles. The zero-order valence-electron chi connectivity index (χ0n) is 9.28. The highest BCUT2D eigenvalue weighted by molar-refractivity contribution is 5.83. The Morgan fingerprint density at radius 2 is 2.19 bits per heavy atom. The highest BCUT2D eigenvalue weighted by Crippen LogP contribution is 2.28. The zero-order chi connectivity index (χ0) is 11.1. The van der Waals surface area contributed by atoms with Gasteiger partial charge < -0.3 is 9.88 Å². The number of nitrogens with one attached hydrogen (secondary N) is 1. The number of hydrogen-bond acceptors (Lipinski definition) is 1. The molecule has 84 valence electrons. The molecule has 3 heteroatoms. The quantitative estimate of drug-likeness (QED) is 0.819. The number of rotatable bonds is 2. The number of halogens is 1. The van der Waals surface area contributed by atoms with Gasteiger partial charge in [-0.25, -0.2) is 4.39 Å². The van der Waals surface area contributed by atoms with E-state index in [1.54, 1.807) is 0 Å². The van der Waals surface area contributed by atoms with Gasteiger partial charge in [0.05, 0.1) is 6.04 Å². The SMILES string of the molecule is Cn1ccc2cc(NC3CCC3F)ccc21. The van der Waals surface area contributed by atoms with Crippen molar-refractivity contribution in [3.8, 4) is 0 Å². The van der Waals surface area contributed by atoms with Gasteiger partial charge in [0.1, 0.15) is 6.17 Å². The van der Waals surface area contributed by atoms with Crippen LogP contribution < -0.4 is 5.32 Å². The fraction of sp³-hybridized carbons (Fsp3) is 0.385. The van der Waals surface area contributed by atoms with Gasteiger partial charge in [-0.3, -0.25) is 0 Å². The third-order valence-corrected chi connectivity index (χ3v) is 3.43. The summed E-state index contributed by atoms with van der Waals surface area (Å²) in [6, 6.07) is 8.27. The summed E-state index contributed by atoms with van der Waals surface area (Å²) in [5.74, 6) is 0. The average Bonchev–Trinajstić information content (AvgIpc) is 2.66. The number of aryl methyl sites for hydroxylation is 1. The van der Waals surface area contributed by atoms with E-state index >= 15 is 0 Å². The second kappa shape index (κ2) is 3.51. The fourth-order valence-corrected chi connectivity index (χ4v) is 2.21. The van der Waals surface area contributed by atoms with E-state index in [1.165, 1.54) is 10.9 Å². The molecular weight excluding hydrogens is 203 g/mol. The number of fused-ring (bicyclic) bond motifs is 1. The molecule has 3 rings (SSSR count). The Hall–Kier alpha value is -1.51. The lowest BCUT2D eigenvalue weighted by molar-refractivity contribution is 0.186. The predicted octanol–water partition coefficient (Wildman–Crippen LogP) is 3.09. The Morgan fingerprint density at radius 3 is 2.88 bits per heavy atom. The van der Waals surface area contributed by atoms with Gasteiger partial charge in [-0.1, -0.05) is 0 Å². The zero-order valence-corrected chi connectivity index (χ0v) is 9.28. The van der Waals surface area contributed by atoms with E-state index in [0.717, 1.165) is 12.1 Å². The van der Waals surface area contributed by atoms with Crippen LogP contribution in [0.25, 0.3) is 10.9 Å². The third-order valence-electron chi connectivity index (χ3n) is 3.43. The van der Waals surface area contributed by atoms with Crippen molar-refractivity contribution in [3.05, 3.63) is 30.5 Å². The van der Waals surface area contributed by atoms with Gasteiger partial charge in [0.15, 0.2) is 0 Å². The lowest BCUT2D eigenvalue weighted by atomic mass is 9.90. The van der Waals surface area contributed by atoms with E-state index in [1.807, 2.05) is 19.3 Å². The lowest BCUT2D eigenvalue weighted by Crippen LogP contribution is -2.39. The van der Waals surface area contributed by atoms with E-state index in [2.05, 4.69) is 28.1 Å². The van der Waals surface area contributed by atoms with E-state index in [-0.39, 0.29) is 6.04 Å². The number of aromatic nitrogens is 1. The molecule has 0 amide bonds. The Morgan fingerprint density at radius 1 is 1.31 bits per heavy atom. The van der Waals surface area contributed by atoms with Gasteiger partial charge in [-0.2, -0.15) is 0 Å². The van der Waals surface area contributed by atoms with Crippen molar-refractivity contribution in [2.45, 2.75) is 25.1 Å². The summed E-state index contributed by atoms with van der Waals surface area (Å²) in [7, 11) is 2.03. The molecule has 1 fully saturated rings. The smallest absolute Gasteiger partial charge is 0.120 e. The molecule has 2 atom stereocenters. The summed E-state index contributed by atoms with van der Waals surface area (Å²) in [5.41, 5.74) is 2.22. The van der Waals surface area contributed by atoms with Crippen LogP contribution in [-0.4, -0.2) is 16.8 Å². The van der Waals surface area contributed by atoms with Gasteiger partial charge >= 0.3 is 0 Å². The molecule has 1 aliphatic rings. The van der Waals surface area contributed by atoms with Crippen molar-refractivity contribution in [3.63, 3.8) is 0 Å². The van der Waals surface area contributed by atoms with Crippen LogP contribution in [0.2, 0.25) is 0 Å². The third kappa shape index (κ3) is 1.47. The summed E-state index contributed by atoms with van der Waals surface area (Å²) in [5, 5.41) is 4.44. The van der Waals surface area contributed by atoms with Crippen LogP contribution in [0.1, 0.15) is 12.8 Å². The molecule has 0 aliphatic heterocycles. The monoisotopic (exact) mass is 218 g/mol. The van der Waals surface area contributed by atoms with Crippen molar-refractivity contribution in [2.24, 2.45) is 7.05 Å². The molecular formula is C13H15FN2. The number of hydrogen-bond donors (Lipinski definition) is 1. The number of nitrogens with zero attached hydrogens (tertiary/aromatic N) is 1. The predicted molar refractivity (Wildman–Crippen MR) is 64.5 cm³/mol. The van der Waals surface area contributed by atoms with E-state index < -0.39 is 6.17 Å². The first-order valence-electron chi connectivity index (χ1n) is 5.70. The van der Waals surface area contributed by atoms with Crippen molar-refractivity contribution < 1.29 is 4.39 Å². The number of anilines is 1. The minimum absolute atomic E-state index is 0.0150. The number of benzene rings is 1. The Balaban J connectivity index is 1.87. The Kier molecular flexibility index (Phi) is 2.13. The summed E-state index contributed by atoms with van der Waals surface area (Å²) >= 11 is 0. The average molecular weight is 218 g/mol. The van der Waals surface area contributed by atoms with Crippen LogP contribution in [0, 0.1) is 0 Å². The first-order chi connectivity index (χ1) is 7.74. The van der Waals surface area contributed by atoms with Crippen molar-refractivity contribution in [1.82, 2.24) is 4.57 Å². The molecule has 1 aromatic carbocycles. The standard InChI is InChI=1S/C13H15FN2/c1-16-7-6-9-8-10(2-5-13(9)16)15-12-4-3-11(12)14/h2,5-8,11-12,15H,3-4H2,1H3. The molecule has 2 nitrogen and oxygen atoms in total. The fourth-order valence-electron chi connectivity index (χ4n) is 2.21. The summed E-state index contributed by atoms with van der Waals surface area (Å²) in [6.45, 7) is 0. The first-order valence-corrected chi connectivity index (χ1v) is 5.70. The minimum Gasteiger partial charge on any atom is -0.379 e. The molecule has 2 aromatic rings. The van der Waals surface area contributed by atoms with E-state index in [4.69, 9.17) is 0 Å². The second-order valence-electron chi connectivity index (χ2n) is 4.54. The maximum Gasteiger partial charge on any atom is 0.120 e. The largest absolute Gasteiger partial charge is 0.379 e. The van der Waals surface area contributed by atoms with Crippen LogP contribution in [0.5, 0.6) is 0 Å². The maximum atomic E-state index is 13.1. The van der Waals surface area contributed by atoms with Gasteiger partial charge in [-0.05, 0) is 37.1 Å². The van der Waals surface area contributed by atoms with Gasteiger partial charge in [0.2, 0.25) is 0 Å². The van der Waals surface area contributed by atoms with Crippen LogP contribution >= 0.6 is 0 Å². The van der Waals surface area contributed by atoms with E-state index in [0.29, 0.717) is 6.42 Å². The Labute approximate surface area is 94.1 Å². The van der Waals surface area contributed by atoms with Crippen LogP contribution in [0.4, 0.5) is 10.1 Å². The van der Waals surface area contributed by atoms with Crippen LogP contribution in [0.15, 0.2) is 30.5 Å². The molecule has 1 N–H and O–H groups in total. The molecule has 1 saturated carbocycles. The maximum absolute atomic E-state index is 13.1. The summed E-state index contributed by atoms with van der Waals surface area (Å²) in [6.07, 6.45) is 3.00. The topological polar surface area (TPSA) is 17.0 Å². The lowest BCUT2D eigenvalue weighted by Gasteiger charge is -2.31. The van der Waals surface area contributed by atoms with Gasteiger partial charge in [0, 0.05) is 29.8 Å². The first kappa shape index (κ1) is 9.70. The summed E-state index contributed by atoms with van der Waals surface area (Å²) in [4.78, 5) is 0. The molecule has 2 unspecified atom stereocenters. The van der Waals surface area contributed by atoms with Crippen LogP contribution in [0.3, 0.4) is 0 Å². The second-order valence-corrected chi connectivity index (χ2v) is 4.54. The van der Waals surface area contributed by atoms with Gasteiger partial charge in [0.25, 0.3) is 0 Å². The highest BCUT2D eigenvalue weighted by atomic mass is 19.1. The molecule has 0 spiro atoms. The van der Waals surface area contributed by atoms with E-state index in [9.17, 15) is 4.39 Å². The molecule has 1 heterocycles. The molecule has 0 bridgehead atoms. The van der Waals surface area contributed by atoms with Gasteiger partial charge in [-0.15, -0.1) is 0 Å². The Bertz CT molecular complexity index is 518. The molecule has 0 radical (unpaired) electrons. The molecule has 0 saturated heterocycles.